The third-order valence-electron chi connectivity index (χ3n) is 4.33. The van der Waals surface area contributed by atoms with E-state index in [2.05, 4.69) is 27.5 Å². The summed E-state index contributed by atoms with van der Waals surface area (Å²) in [7, 11) is 0. The fourth-order valence-electron chi connectivity index (χ4n) is 3.07. The van der Waals surface area contributed by atoms with Crippen LogP contribution in [0.15, 0.2) is 24.8 Å². The Kier molecular flexibility index (Phi) is 2.93. The van der Waals surface area contributed by atoms with Crippen LogP contribution in [0, 0.1) is 23.7 Å². The lowest BCUT2D eigenvalue weighted by Gasteiger charge is -2.53. The molecule has 0 aliphatic heterocycles. The molecule has 0 saturated heterocycles. The molecule has 3 rings (SSSR count). The summed E-state index contributed by atoms with van der Waals surface area (Å²) in [5.74, 6) is 2.50. The van der Waals surface area contributed by atoms with Gasteiger partial charge >= 0.3 is 0 Å². The number of imidazole rings is 1. The zero-order valence-corrected chi connectivity index (χ0v) is 11.3. The number of nitrogen functional groups attached to an aromatic ring is 1. The van der Waals surface area contributed by atoms with Gasteiger partial charge in [0.15, 0.2) is 11.5 Å². The van der Waals surface area contributed by atoms with Crippen LogP contribution in [0.4, 0.5) is 5.82 Å². The predicted molar refractivity (Wildman–Crippen MR) is 76.8 cm³/mol. The Balaban J connectivity index is 2.11. The Morgan fingerprint density at radius 2 is 2.19 bits per heavy atom. The average Bonchev–Trinajstić information content (AvgIpc) is 2.91. The highest BCUT2D eigenvalue weighted by Crippen LogP contribution is 2.57. The molecule has 0 bridgehead atoms. The molecule has 0 unspecified atom stereocenters. The highest BCUT2D eigenvalue weighted by Gasteiger charge is 2.57. The summed E-state index contributed by atoms with van der Waals surface area (Å²) in [5, 5.41) is 19.3. The number of hydrogen-bond donors (Lipinski definition) is 3. The summed E-state index contributed by atoms with van der Waals surface area (Å²) in [4.78, 5) is 12.3. The number of aliphatic hydroxyl groups excluding tert-OH is 2. The lowest BCUT2D eigenvalue weighted by Crippen LogP contribution is -2.54. The summed E-state index contributed by atoms with van der Waals surface area (Å²) in [6.07, 6.45) is 8.46. The minimum absolute atomic E-state index is 0.172. The van der Waals surface area contributed by atoms with Crippen molar-refractivity contribution >= 4 is 17.0 Å². The number of hydrogen-bond acceptors (Lipinski definition) is 6. The first kappa shape index (κ1) is 13.5. The molecule has 108 valence electrons. The van der Waals surface area contributed by atoms with E-state index in [4.69, 9.17) is 12.2 Å². The molecule has 0 radical (unpaired) electrons. The van der Waals surface area contributed by atoms with Crippen LogP contribution in [0.5, 0.6) is 0 Å². The van der Waals surface area contributed by atoms with E-state index in [9.17, 15) is 10.2 Å². The Labute approximate surface area is 121 Å². The number of fused-ring (bicyclic) bond motifs is 1. The van der Waals surface area contributed by atoms with E-state index in [1.807, 2.05) is 0 Å². The molecule has 1 aliphatic rings. The van der Waals surface area contributed by atoms with Crippen LogP contribution in [0.3, 0.4) is 0 Å². The van der Waals surface area contributed by atoms with Gasteiger partial charge in [-0.3, -0.25) is 0 Å². The first-order chi connectivity index (χ1) is 10.1. The molecule has 1 fully saturated rings. The number of nitrogens with zero attached hydrogens (tertiary/aromatic N) is 4. The fraction of sp³-hybridized carbons (Fsp3) is 0.357. The summed E-state index contributed by atoms with van der Waals surface area (Å²) in [5.41, 5.74) is 6.55. The molecule has 7 heteroatoms. The van der Waals surface area contributed by atoms with Crippen LogP contribution < -0.4 is 5.73 Å². The highest BCUT2D eigenvalue weighted by atomic mass is 16.3. The monoisotopic (exact) mass is 285 g/mol. The molecule has 4 N–H and O–H groups in total. The zero-order valence-electron chi connectivity index (χ0n) is 11.3. The van der Waals surface area contributed by atoms with E-state index in [0.717, 1.165) is 0 Å². The van der Waals surface area contributed by atoms with Crippen LogP contribution in [0.25, 0.3) is 11.2 Å². The second-order valence-electron chi connectivity index (χ2n) is 5.12. The molecule has 0 aromatic carbocycles. The van der Waals surface area contributed by atoms with E-state index in [1.54, 1.807) is 10.9 Å². The normalized spacial score (nSPS) is 28.3. The SMILES string of the molecule is C#C[C@]1(CO)C(=C)[C@H](n2cnc3c(N)ncnc32)[C@@H]1CO. The minimum atomic E-state index is -0.908. The number of aromatic nitrogens is 4. The lowest BCUT2D eigenvalue weighted by molar-refractivity contribution is 0.00830. The van der Waals surface area contributed by atoms with Gasteiger partial charge in [0.05, 0.1) is 31.0 Å². The van der Waals surface area contributed by atoms with E-state index >= 15 is 0 Å². The van der Waals surface area contributed by atoms with Gasteiger partial charge in [0, 0.05) is 5.92 Å². The molecule has 2 heterocycles. The number of aliphatic hydroxyl groups is 2. The van der Waals surface area contributed by atoms with Crippen molar-refractivity contribution in [2.45, 2.75) is 6.04 Å². The van der Waals surface area contributed by atoms with Crippen molar-refractivity contribution in [2.24, 2.45) is 11.3 Å². The molecule has 7 nitrogen and oxygen atoms in total. The maximum Gasteiger partial charge on any atom is 0.165 e. The van der Waals surface area contributed by atoms with Crippen LogP contribution in [-0.2, 0) is 0 Å². The van der Waals surface area contributed by atoms with Gasteiger partial charge in [0.2, 0.25) is 0 Å². The second kappa shape index (κ2) is 4.55. The van der Waals surface area contributed by atoms with Crippen LogP contribution in [0.1, 0.15) is 6.04 Å². The van der Waals surface area contributed by atoms with Crippen molar-refractivity contribution in [2.75, 3.05) is 18.9 Å². The van der Waals surface area contributed by atoms with Crippen molar-refractivity contribution in [3.63, 3.8) is 0 Å². The maximum atomic E-state index is 9.66. The van der Waals surface area contributed by atoms with E-state index in [0.29, 0.717) is 16.7 Å². The van der Waals surface area contributed by atoms with Gasteiger partial charge in [-0.25, -0.2) is 15.0 Å². The largest absolute Gasteiger partial charge is 0.396 e. The quantitative estimate of drug-likeness (QED) is 0.529. The predicted octanol–water partition coefficient (Wildman–Crippen LogP) is -0.260. The standard InChI is InChI=1S/C14H15N5O2/c1-3-14(5-21)8(2)11(9(14)4-20)19-7-18-10-12(15)16-6-17-13(10)19/h1,6-7,9,11,20-21H,2,4-5H2,(H2,15,16,17)/t9-,11-,14-/m0/s1. The number of nitrogens with two attached hydrogens (primary N) is 1. The van der Waals surface area contributed by atoms with Crippen molar-refractivity contribution < 1.29 is 10.2 Å². The average molecular weight is 285 g/mol. The van der Waals surface area contributed by atoms with Crippen LogP contribution in [0.2, 0.25) is 0 Å². The Morgan fingerprint density at radius 3 is 2.81 bits per heavy atom. The lowest BCUT2D eigenvalue weighted by atomic mass is 9.54. The molecule has 1 saturated carbocycles. The van der Waals surface area contributed by atoms with Gasteiger partial charge < -0.3 is 20.5 Å². The first-order valence-electron chi connectivity index (χ1n) is 6.42. The van der Waals surface area contributed by atoms with Crippen molar-refractivity contribution in [3.8, 4) is 12.3 Å². The van der Waals surface area contributed by atoms with Gasteiger partial charge in [0.1, 0.15) is 11.8 Å². The summed E-state index contributed by atoms with van der Waals surface area (Å²) in [6, 6.07) is -0.280. The van der Waals surface area contributed by atoms with Crippen molar-refractivity contribution in [1.82, 2.24) is 19.5 Å². The van der Waals surface area contributed by atoms with Crippen LogP contribution in [-0.4, -0.2) is 42.9 Å². The first-order valence-corrected chi connectivity index (χ1v) is 6.42. The third kappa shape index (κ3) is 1.54. The summed E-state index contributed by atoms with van der Waals surface area (Å²) < 4.78 is 1.77. The molecule has 2 aromatic rings. The number of terminal acetylenes is 1. The molecular formula is C14H15N5O2. The Hall–Kier alpha value is -2.43. The Morgan fingerprint density at radius 1 is 1.43 bits per heavy atom. The molecule has 2 aromatic heterocycles. The van der Waals surface area contributed by atoms with Crippen molar-refractivity contribution in [3.05, 3.63) is 24.8 Å². The highest BCUT2D eigenvalue weighted by molar-refractivity contribution is 5.81. The molecule has 21 heavy (non-hydrogen) atoms. The van der Waals surface area contributed by atoms with Gasteiger partial charge in [0.25, 0.3) is 0 Å². The number of anilines is 1. The molecular weight excluding hydrogens is 270 g/mol. The molecule has 3 atom stereocenters. The smallest absolute Gasteiger partial charge is 0.165 e. The third-order valence-corrected chi connectivity index (χ3v) is 4.33. The summed E-state index contributed by atoms with van der Waals surface area (Å²) in [6.45, 7) is 3.56. The molecule has 1 aliphatic carbocycles. The number of rotatable bonds is 3. The van der Waals surface area contributed by atoms with Crippen LogP contribution >= 0.6 is 0 Å². The van der Waals surface area contributed by atoms with E-state index < -0.39 is 5.41 Å². The van der Waals surface area contributed by atoms with Gasteiger partial charge in [-0.15, -0.1) is 6.42 Å². The minimum Gasteiger partial charge on any atom is -0.396 e. The second-order valence-corrected chi connectivity index (χ2v) is 5.12. The zero-order chi connectivity index (χ0) is 15.2. The molecule has 0 amide bonds. The maximum absolute atomic E-state index is 9.66. The fourth-order valence-corrected chi connectivity index (χ4v) is 3.07. The topological polar surface area (TPSA) is 110 Å². The van der Waals surface area contributed by atoms with Gasteiger partial charge in [-0.2, -0.15) is 0 Å². The van der Waals surface area contributed by atoms with Crippen molar-refractivity contribution in [1.29, 1.82) is 0 Å². The van der Waals surface area contributed by atoms with E-state index in [1.165, 1.54) is 6.33 Å². The molecule has 0 spiro atoms. The summed E-state index contributed by atoms with van der Waals surface area (Å²) >= 11 is 0. The van der Waals surface area contributed by atoms with Gasteiger partial charge in [-0.1, -0.05) is 12.5 Å². The Bertz CT molecular complexity index is 762. The van der Waals surface area contributed by atoms with E-state index in [-0.39, 0.29) is 31.0 Å². The van der Waals surface area contributed by atoms with Gasteiger partial charge in [-0.05, 0) is 5.57 Å².